The lowest BCUT2D eigenvalue weighted by molar-refractivity contribution is -0.120. The van der Waals surface area contributed by atoms with E-state index in [9.17, 15) is 13.2 Å². The lowest BCUT2D eigenvalue weighted by Crippen LogP contribution is -2.28. The number of carbonyl (C=O) groups is 1. The van der Waals surface area contributed by atoms with E-state index in [1.54, 1.807) is 12.1 Å². The Labute approximate surface area is 163 Å². The van der Waals surface area contributed by atoms with E-state index in [0.29, 0.717) is 23.7 Å². The fourth-order valence-electron chi connectivity index (χ4n) is 2.76. The van der Waals surface area contributed by atoms with Gasteiger partial charge < -0.3 is 10.6 Å². The number of anilines is 1. The van der Waals surface area contributed by atoms with Gasteiger partial charge in [0.2, 0.25) is 5.91 Å². The first-order valence-electron chi connectivity index (χ1n) is 8.56. The second kappa shape index (κ2) is 8.10. The van der Waals surface area contributed by atoms with Crippen LogP contribution in [-0.4, -0.2) is 26.7 Å². The van der Waals surface area contributed by atoms with E-state index in [1.165, 1.54) is 6.07 Å². The largest absolute Gasteiger partial charge is 0.356 e. The summed E-state index contributed by atoms with van der Waals surface area (Å²) in [4.78, 5) is 12.2. The highest BCUT2D eigenvalue weighted by atomic mass is 35.5. The SMILES string of the molecule is Cc1ccc2c(c1)NC(CCC(=O)NCCc1ccc(Cl)cc1)=NS2(=O)=O. The molecule has 0 bridgehead atoms. The molecule has 2 N–H and O–H groups in total. The minimum absolute atomic E-state index is 0.152. The van der Waals surface area contributed by atoms with Crippen molar-refractivity contribution in [2.24, 2.45) is 4.40 Å². The lowest BCUT2D eigenvalue weighted by atomic mass is 10.1. The van der Waals surface area contributed by atoms with E-state index >= 15 is 0 Å². The highest BCUT2D eigenvalue weighted by molar-refractivity contribution is 7.90. The van der Waals surface area contributed by atoms with Crippen molar-refractivity contribution in [3.8, 4) is 0 Å². The first-order chi connectivity index (χ1) is 12.8. The van der Waals surface area contributed by atoms with Crippen LogP contribution in [0.3, 0.4) is 0 Å². The fraction of sp³-hybridized carbons (Fsp3) is 0.263. The molecule has 1 aliphatic rings. The van der Waals surface area contributed by atoms with Gasteiger partial charge in [-0.25, -0.2) is 0 Å². The Balaban J connectivity index is 1.51. The third-order valence-electron chi connectivity index (χ3n) is 4.16. The molecule has 2 aromatic rings. The zero-order valence-corrected chi connectivity index (χ0v) is 16.4. The van der Waals surface area contributed by atoms with Crippen LogP contribution in [0.1, 0.15) is 24.0 Å². The van der Waals surface area contributed by atoms with Crippen molar-refractivity contribution in [2.75, 3.05) is 11.9 Å². The van der Waals surface area contributed by atoms with E-state index in [0.717, 1.165) is 11.1 Å². The second-order valence-electron chi connectivity index (χ2n) is 6.36. The van der Waals surface area contributed by atoms with E-state index in [-0.39, 0.29) is 29.5 Å². The summed E-state index contributed by atoms with van der Waals surface area (Å²) in [5.41, 5.74) is 2.52. The molecule has 0 saturated heterocycles. The Kier molecular flexibility index (Phi) is 5.82. The number of benzene rings is 2. The quantitative estimate of drug-likeness (QED) is 0.771. The maximum atomic E-state index is 12.3. The number of fused-ring (bicyclic) bond motifs is 1. The van der Waals surface area contributed by atoms with E-state index in [1.807, 2.05) is 31.2 Å². The minimum atomic E-state index is -3.73. The van der Waals surface area contributed by atoms with Gasteiger partial charge in [-0.2, -0.15) is 8.42 Å². The molecule has 0 aliphatic carbocycles. The minimum Gasteiger partial charge on any atom is -0.356 e. The van der Waals surface area contributed by atoms with Crippen molar-refractivity contribution in [2.45, 2.75) is 31.1 Å². The average molecular weight is 406 g/mol. The monoisotopic (exact) mass is 405 g/mol. The van der Waals surface area contributed by atoms with Gasteiger partial charge in [0.1, 0.15) is 10.7 Å². The molecule has 6 nitrogen and oxygen atoms in total. The van der Waals surface area contributed by atoms with Gasteiger partial charge in [0, 0.05) is 24.4 Å². The van der Waals surface area contributed by atoms with Gasteiger partial charge in [-0.3, -0.25) is 4.79 Å². The average Bonchev–Trinajstić information content (AvgIpc) is 2.60. The highest BCUT2D eigenvalue weighted by Gasteiger charge is 2.24. The Morgan fingerprint density at radius 3 is 2.63 bits per heavy atom. The molecule has 0 atom stereocenters. The smallest absolute Gasteiger partial charge is 0.286 e. The number of amidine groups is 1. The predicted octanol–water partition coefficient (Wildman–Crippen LogP) is 3.30. The summed E-state index contributed by atoms with van der Waals surface area (Å²) in [5, 5.41) is 6.52. The Morgan fingerprint density at radius 1 is 1.15 bits per heavy atom. The van der Waals surface area contributed by atoms with Crippen LogP contribution in [0.2, 0.25) is 5.02 Å². The number of nitrogens with one attached hydrogen (secondary N) is 2. The van der Waals surface area contributed by atoms with E-state index in [2.05, 4.69) is 15.0 Å². The standard InChI is InChI=1S/C19H20ClN3O3S/c1-13-2-7-17-16(12-13)22-18(23-27(17,25)26)8-9-19(24)21-11-10-14-3-5-15(20)6-4-14/h2-7,12H,8-11H2,1H3,(H,21,24)(H,22,23). The maximum Gasteiger partial charge on any atom is 0.286 e. The molecule has 1 amide bonds. The van der Waals surface area contributed by atoms with Crippen LogP contribution in [0.25, 0.3) is 0 Å². The molecule has 3 rings (SSSR count). The van der Waals surface area contributed by atoms with Crippen molar-refractivity contribution in [3.63, 3.8) is 0 Å². The number of hydrogen-bond acceptors (Lipinski definition) is 4. The number of hydrogen-bond donors (Lipinski definition) is 2. The molecule has 0 aromatic heterocycles. The van der Waals surface area contributed by atoms with Gasteiger partial charge in [-0.05, 0) is 48.7 Å². The Morgan fingerprint density at radius 2 is 1.89 bits per heavy atom. The Hall–Kier alpha value is -2.38. The highest BCUT2D eigenvalue weighted by Crippen LogP contribution is 2.28. The summed E-state index contributed by atoms with van der Waals surface area (Å²) >= 11 is 5.84. The summed E-state index contributed by atoms with van der Waals surface area (Å²) in [7, 11) is -3.73. The molecular weight excluding hydrogens is 386 g/mol. The van der Waals surface area contributed by atoms with Crippen LogP contribution in [-0.2, 0) is 21.2 Å². The third kappa shape index (κ3) is 5.08. The van der Waals surface area contributed by atoms with Gasteiger partial charge >= 0.3 is 0 Å². The lowest BCUT2D eigenvalue weighted by Gasteiger charge is -2.18. The van der Waals surface area contributed by atoms with Gasteiger partial charge in [-0.15, -0.1) is 4.40 Å². The number of rotatable bonds is 6. The molecule has 8 heteroatoms. The summed E-state index contributed by atoms with van der Waals surface area (Å²) in [6.07, 6.45) is 1.08. The maximum absolute atomic E-state index is 12.3. The molecule has 2 aromatic carbocycles. The summed E-state index contributed by atoms with van der Waals surface area (Å²) < 4.78 is 28.3. The molecular formula is C19H20ClN3O3S. The number of amides is 1. The molecule has 0 saturated carbocycles. The van der Waals surface area contributed by atoms with Crippen molar-refractivity contribution in [1.82, 2.24) is 5.32 Å². The molecule has 27 heavy (non-hydrogen) atoms. The number of carbonyl (C=O) groups excluding carboxylic acids is 1. The van der Waals surface area contributed by atoms with Gasteiger partial charge in [0.05, 0.1) is 5.69 Å². The van der Waals surface area contributed by atoms with Crippen molar-refractivity contribution in [1.29, 1.82) is 0 Å². The van der Waals surface area contributed by atoms with Gasteiger partial charge in [0.25, 0.3) is 10.0 Å². The number of halogens is 1. The summed E-state index contributed by atoms with van der Waals surface area (Å²) in [6.45, 7) is 2.38. The number of aryl methyl sites for hydroxylation is 1. The second-order valence-corrected chi connectivity index (χ2v) is 8.37. The topological polar surface area (TPSA) is 87.6 Å². The normalized spacial score (nSPS) is 14.7. The van der Waals surface area contributed by atoms with Crippen molar-refractivity contribution in [3.05, 3.63) is 58.6 Å². The Bertz CT molecular complexity index is 986. The van der Waals surface area contributed by atoms with Gasteiger partial charge in [0.15, 0.2) is 0 Å². The molecule has 0 spiro atoms. The molecule has 142 valence electrons. The first kappa shape index (κ1) is 19.4. The van der Waals surface area contributed by atoms with Crippen LogP contribution in [0.5, 0.6) is 0 Å². The van der Waals surface area contributed by atoms with Gasteiger partial charge in [-0.1, -0.05) is 29.8 Å². The molecule has 1 aliphatic heterocycles. The fourth-order valence-corrected chi connectivity index (χ4v) is 4.04. The van der Waals surface area contributed by atoms with Crippen LogP contribution in [0, 0.1) is 6.92 Å². The van der Waals surface area contributed by atoms with E-state index in [4.69, 9.17) is 11.6 Å². The molecule has 1 heterocycles. The number of nitrogens with zero attached hydrogens (tertiary/aromatic N) is 1. The zero-order valence-electron chi connectivity index (χ0n) is 14.8. The predicted molar refractivity (Wildman–Crippen MR) is 107 cm³/mol. The van der Waals surface area contributed by atoms with Crippen LogP contribution in [0.4, 0.5) is 5.69 Å². The first-order valence-corrected chi connectivity index (χ1v) is 10.4. The van der Waals surface area contributed by atoms with Crippen LogP contribution >= 0.6 is 11.6 Å². The zero-order chi connectivity index (χ0) is 19.4. The molecule has 0 fully saturated rings. The van der Waals surface area contributed by atoms with Crippen molar-refractivity contribution >= 4 is 39.1 Å². The molecule has 0 unspecified atom stereocenters. The van der Waals surface area contributed by atoms with E-state index < -0.39 is 10.0 Å². The van der Waals surface area contributed by atoms with Crippen LogP contribution < -0.4 is 10.6 Å². The summed E-state index contributed by atoms with van der Waals surface area (Å²) in [6, 6.07) is 12.5. The molecule has 0 radical (unpaired) electrons. The number of sulfonamides is 1. The third-order valence-corrected chi connectivity index (χ3v) is 5.78. The van der Waals surface area contributed by atoms with Crippen LogP contribution in [0.15, 0.2) is 51.8 Å². The summed E-state index contributed by atoms with van der Waals surface area (Å²) in [5.74, 6) is 0.127. The van der Waals surface area contributed by atoms with Crippen molar-refractivity contribution < 1.29 is 13.2 Å².